The second kappa shape index (κ2) is 7.05. The zero-order valence-electron chi connectivity index (χ0n) is 13.3. The van der Waals surface area contributed by atoms with Gasteiger partial charge in [0, 0.05) is 22.4 Å². The van der Waals surface area contributed by atoms with E-state index in [4.69, 9.17) is 0 Å². The first-order valence-electron chi connectivity index (χ1n) is 7.77. The molecule has 3 rings (SSSR count). The molecule has 2 N–H and O–H groups in total. The maximum Gasteiger partial charge on any atom is 0.319 e. The molecule has 0 bridgehead atoms. The largest absolute Gasteiger partial charge is 0.326 e. The van der Waals surface area contributed by atoms with Crippen molar-refractivity contribution < 1.29 is 9.59 Å². The van der Waals surface area contributed by atoms with E-state index in [-0.39, 0.29) is 5.91 Å². The minimum Gasteiger partial charge on any atom is -0.326 e. The summed E-state index contributed by atoms with van der Waals surface area (Å²) in [7, 11) is 0. The van der Waals surface area contributed by atoms with E-state index >= 15 is 0 Å². The summed E-state index contributed by atoms with van der Waals surface area (Å²) in [6, 6.07) is 14.1. The number of fused-ring (bicyclic) bond motifs is 1. The highest BCUT2D eigenvalue weighted by molar-refractivity contribution is 9.10. The van der Waals surface area contributed by atoms with Gasteiger partial charge in [-0.2, -0.15) is 0 Å². The Labute approximate surface area is 149 Å². The molecule has 0 spiro atoms. The van der Waals surface area contributed by atoms with Crippen LogP contribution >= 0.6 is 15.9 Å². The molecule has 124 valence electrons. The molecule has 0 aliphatic carbocycles. The van der Waals surface area contributed by atoms with E-state index in [1.165, 1.54) is 0 Å². The lowest BCUT2D eigenvalue weighted by Gasteiger charge is -2.22. The van der Waals surface area contributed by atoms with Crippen LogP contribution in [0, 0.1) is 0 Å². The van der Waals surface area contributed by atoms with Crippen molar-refractivity contribution in [2.45, 2.75) is 19.4 Å². The Morgan fingerprint density at radius 2 is 1.83 bits per heavy atom. The van der Waals surface area contributed by atoms with Gasteiger partial charge in [0.25, 0.3) is 0 Å². The minimum absolute atomic E-state index is 0.106. The first-order valence-corrected chi connectivity index (χ1v) is 8.56. The predicted octanol–water partition coefficient (Wildman–Crippen LogP) is 3.55. The van der Waals surface area contributed by atoms with Gasteiger partial charge in [-0.15, -0.1) is 0 Å². The number of nitrogens with zero attached hydrogens (tertiary/aromatic N) is 1. The van der Waals surface area contributed by atoms with Crippen molar-refractivity contribution in [1.82, 2.24) is 5.32 Å². The van der Waals surface area contributed by atoms with Crippen LogP contribution in [0.2, 0.25) is 0 Å². The quantitative estimate of drug-likeness (QED) is 0.845. The molecule has 3 amide bonds. The highest BCUT2D eigenvalue weighted by Crippen LogP contribution is 2.27. The molecule has 24 heavy (non-hydrogen) atoms. The standard InChI is InChI=1S/C18H18BrN3O2/c1-12(20-18(24)21-15-8-6-14(19)7-9-15)17(23)22-11-10-13-4-2-3-5-16(13)22/h2-9,12H,10-11H2,1H3,(H2,20,21,24)/t12-/m1/s1. The molecule has 0 saturated heterocycles. The SMILES string of the molecule is C[C@@H](NC(=O)Nc1ccc(Br)cc1)C(=O)N1CCc2ccccc21. The van der Waals surface area contributed by atoms with Crippen molar-refractivity contribution >= 4 is 39.2 Å². The summed E-state index contributed by atoms with van der Waals surface area (Å²) in [4.78, 5) is 26.4. The molecular weight excluding hydrogens is 370 g/mol. The number of hydrogen-bond donors (Lipinski definition) is 2. The number of urea groups is 1. The minimum atomic E-state index is -0.605. The van der Waals surface area contributed by atoms with Crippen LogP contribution in [-0.4, -0.2) is 24.5 Å². The van der Waals surface area contributed by atoms with Crippen LogP contribution < -0.4 is 15.5 Å². The van der Waals surface area contributed by atoms with Gasteiger partial charge >= 0.3 is 6.03 Å². The maximum absolute atomic E-state index is 12.6. The van der Waals surface area contributed by atoms with E-state index in [0.29, 0.717) is 12.2 Å². The van der Waals surface area contributed by atoms with Crippen LogP contribution in [0.1, 0.15) is 12.5 Å². The Balaban J connectivity index is 1.60. The lowest BCUT2D eigenvalue weighted by atomic mass is 10.2. The summed E-state index contributed by atoms with van der Waals surface area (Å²) in [5.74, 6) is -0.106. The van der Waals surface area contributed by atoms with Crippen molar-refractivity contribution in [2.24, 2.45) is 0 Å². The van der Waals surface area contributed by atoms with Crippen LogP contribution in [0.25, 0.3) is 0 Å². The molecule has 1 heterocycles. The van der Waals surface area contributed by atoms with Gasteiger partial charge in [-0.1, -0.05) is 34.1 Å². The second-order valence-electron chi connectivity index (χ2n) is 5.70. The molecule has 1 aliphatic rings. The number of amides is 3. The average molecular weight is 388 g/mol. The highest BCUT2D eigenvalue weighted by atomic mass is 79.9. The normalized spacial score (nSPS) is 14.0. The summed E-state index contributed by atoms with van der Waals surface area (Å²) >= 11 is 3.34. The third kappa shape index (κ3) is 3.59. The monoisotopic (exact) mass is 387 g/mol. The van der Waals surface area contributed by atoms with E-state index in [2.05, 4.69) is 26.6 Å². The molecule has 2 aromatic carbocycles. The fraction of sp³-hybridized carbons (Fsp3) is 0.222. The first kappa shape index (κ1) is 16.5. The summed E-state index contributed by atoms with van der Waals surface area (Å²) in [5.41, 5.74) is 2.77. The first-order chi connectivity index (χ1) is 11.5. The van der Waals surface area contributed by atoms with Crippen molar-refractivity contribution in [3.8, 4) is 0 Å². The maximum atomic E-state index is 12.6. The number of rotatable bonds is 3. The van der Waals surface area contributed by atoms with Crippen LogP contribution in [-0.2, 0) is 11.2 Å². The molecule has 6 heteroatoms. The summed E-state index contributed by atoms with van der Waals surface area (Å²) in [5, 5.41) is 5.42. The third-order valence-corrected chi connectivity index (χ3v) is 4.50. The lowest BCUT2D eigenvalue weighted by Crippen LogP contribution is -2.47. The fourth-order valence-electron chi connectivity index (χ4n) is 2.76. The summed E-state index contributed by atoms with van der Waals surface area (Å²) in [6.07, 6.45) is 0.847. The molecule has 0 fully saturated rings. The molecule has 0 unspecified atom stereocenters. The fourth-order valence-corrected chi connectivity index (χ4v) is 3.02. The Bertz CT molecular complexity index is 761. The lowest BCUT2D eigenvalue weighted by molar-refractivity contribution is -0.119. The molecule has 0 radical (unpaired) electrons. The van der Waals surface area contributed by atoms with E-state index in [1.807, 2.05) is 36.4 Å². The van der Waals surface area contributed by atoms with Crippen LogP contribution in [0.3, 0.4) is 0 Å². The Morgan fingerprint density at radius 3 is 2.58 bits per heavy atom. The average Bonchev–Trinajstić information content (AvgIpc) is 3.00. The molecule has 5 nitrogen and oxygen atoms in total. The second-order valence-corrected chi connectivity index (χ2v) is 6.61. The van der Waals surface area contributed by atoms with Gasteiger partial charge < -0.3 is 15.5 Å². The molecule has 1 aliphatic heterocycles. The Morgan fingerprint density at radius 1 is 1.12 bits per heavy atom. The molecule has 0 aromatic heterocycles. The topological polar surface area (TPSA) is 61.4 Å². The van der Waals surface area contributed by atoms with Gasteiger partial charge in [0.1, 0.15) is 6.04 Å². The highest BCUT2D eigenvalue weighted by Gasteiger charge is 2.28. The molecule has 1 atom stereocenters. The number of anilines is 2. The smallest absolute Gasteiger partial charge is 0.319 e. The third-order valence-electron chi connectivity index (χ3n) is 3.97. The van der Waals surface area contributed by atoms with Gasteiger partial charge in [0.2, 0.25) is 5.91 Å². The van der Waals surface area contributed by atoms with E-state index in [9.17, 15) is 9.59 Å². The van der Waals surface area contributed by atoms with Gasteiger partial charge in [0.15, 0.2) is 0 Å². The summed E-state index contributed by atoms with van der Waals surface area (Å²) in [6.45, 7) is 2.35. The number of carbonyl (C=O) groups excluding carboxylic acids is 2. The van der Waals surface area contributed by atoms with Crippen molar-refractivity contribution in [3.05, 3.63) is 58.6 Å². The predicted molar refractivity (Wildman–Crippen MR) is 98.3 cm³/mol. The van der Waals surface area contributed by atoms with Gasteiger partial charge in [-0.25, -0.2) is 4.79 Å². The van der Waals surface area contributed by atoms with Crippen molar-refractivity contribution in [1.29, 1.82) is 0 Å². The van der Waals surface area contributed by atoms with Crippen molar-refractivity contribution in [2.75, 3.05) is 16.8 Å². The number of para-hydroxylation sites is 1. The molecule has 0 saturated carbocycles. The Kier molecular flexibility index (Phi) is 4.85. The van der Waals surface area contributed by atoms with E-state index in [0.717, 1.165) is 22.1 Å². The zero-order valence-corrected chi connectivity index (χ0v) is 14.8. The van der Waals surface area contributed by atoms with Gasteiger partial charge in [-0.05, 0) is 49.2 Å². The van der Waals surface area contributed by atoms with E-state index in [1.54, 1.807) is 24.0 Å². The van der Waals surface area contributed by atoms with Crippen LogP contribution in [0.5, 0.6) is 0 Å². The van der Waals surface area contributed by atoms with Crippen LogP contribution in [0.4, 0.5) is 16.2 Å². The van der Waals surface area contributed by atoms with E-state index < -0.39 is 12.1 Å². The number of carbonyl (C=O) groups is 2. The molecular formula is C18H18BrN3O2. The van der Waals surface area contributed by atoms with Crippen LogP contribution in [0.15, 0.2) is 53.0 Å². The number of hydrogen-bond acceptors (Lipinski definition) is 2. The Hall–Kier alpha value is -2.34. The molecule has 2 aromatic rings. The zero-order chi connectivity index (χ0) is 17.1. The number of benzene rings is 2. The number of halogens is 1. The van der Waals surface area contributed by atoms with Crippen molar-refractivity contribution in [3.63, 3.8) is 0 Å². The van der Waals surface area contributed by atoms with Gasteiger partial charge in [-0.3, -0.25) is 4.79 Å². The summed E-state index contributed by atoms with van der Waals surface area (Å²) < 4.78 is 0.935. The number of nitrogens with one attached hydrogen (secondary N) is 2. The van der Waals surface area contributed by atoms with Gasteiger partial charge in [0.05, 0.1) is 0 Å².